The van der Waals surface area contributed by atoms with E-state index in [4.69, 9.17) is 5.11 Å². The highest BCUT2D eigenvalue weighted by molar-refractivity contribution is 5.95. The van der Waals surface area contributed by atoms with E-state index in [1.54, 1.807) is 12.1 Å². The summed E-state index contributed by atoms with van der Waals surface area (Å²) in [7, 11) is 0. The van der Waals surface area contributed by atoms with Crippen LogP contribution in [0.15, 0.2) is 54.6 Å². The number of rotatable bonds is 6. The number of hydrogen-bond acceptors (Lipinski definition) is 4. The Kier molecular flexibility index (Phi) is 6.31. The van der Waals surface area contributed by atoms with Crippen molar-refractivity contribution in [1.82, 2.24) is 4.90 Å². The van der Waals surface area contributed by atoms with Gasteiger partial charge in [0, 0.05) is 43.6 Å². The largest absolute Gasteiger partial charge is 0.478 e. The third kappa shape index (κ3) is 4.70. The van der Waals surface area contributed by atoms with Gasteiger partial charge in [-0.15, -0.1) is 0 Å². The minimum Gasteiger partial charge on any atom is -0.478 e. The van der Waals surface area contributed by atoms with Crippen molar-refractivity contribution in [2.75, 3.05) is 42.5 Å². The Bertz CT molecular complexity index is 798. The van der Waals surface area contributed by atoms with Crippen LogP contribution in [0.5, 0.6) is 0 Å². The van der Waals surface area contributed by atoms with Crippen molar-refractivity contribution in [2.24, 2.45) is 0 Å². The fraction of sp³-hybridized carbons (Fsp3) is 0.364. The quantitative estimate of drug-likeness (QED) is 0.834. The van der Waals surface area contributed by atoms with Gasteiger partial charge < -0.3 is 14.9 Å². The molecule has 0 aliphatic carbocycles. The molecule has 148 valence electrons. The molecule has 1 aliphatic rings. The molecule has 2 aromatic carbocycles. The molecule has 0 spiro atoms. The zero-order valence-corrected chi connectivity index (χ0v) is 16.4. The first-order valence-corrected chi connectivity index (χ1v) is 9.63. The molecule has 1 N–H and O–H groups in total. The van der Waals surface area contributed by atoms with Crippen molar-refractivity contribution in [3.8, 4) is 0 Å². The SMILES string of the molecule is CC(C)N(C(=O)CN1CCN(c2ccc(C(=O)O)cc2)CC1)c1ccccc1. The van der Waals surface area contributed by atoms with Crippen LogP contribution in [-0.2, 0) is 4.79 Å². The van der Waals surface area contributed by atoms with Crippen molar-refractivity contribution in [1.29, 1.82) is 0 Å². The lowest BCUT2D eigenvalue weighted by Crippen LogP contribution is -2.51. The second-order valence-electron chi connectivity index (χ2n) is 7.31. The first-order chi connectivity index (χ1) is 13.5. The maximum absolute atomic E-state index is 12.9. The van der Waals surface area contributed by atoms with Gasteiger partial charge in [0.15, 0.2) is 0 Å². The average Bonchev–Trinajstić information content (AvgIpc) is 2.69. The highest BCUT2D eigenvalue weighted by Gasteiger charge is 2.24. The van der Waals surface area contributed by atoms with Crippen LogP contribution in [0.1, 0.15) is 24.2 Å². The number of aromatic carboxylic acids is 1. The van der Waals surface area contributed by atoms with Crippen LogP contribution >= 0.6 is 0 Å². The highest BCUT2D eigenvalue weighted by atomic mass is 16.4. The minimum absolute atomic E-state index is 0.101. The van der Waals surface area contributed by atoms with Gasteiger partial charge >= 0.3 is 5.97 Å². The Morgan fingerprint density at radius 3 is 2.11 bits per heavy atom. The summed E-state index contributed by atoms with van der Waals surface area (Å²) in [6.45, 7) is 7.69. The molecule has 0 radical (unpaired) electrons. The van der Waals surface area contributed by atoms with Crippen molar-refractivity contribution in [3.05, 3.63) is 60.2 Å². The second-order valence-corrected chi connectivity index (χ2v) is 7.31. The second kappa shape index (κ2) is 8.89. The van der Waals surface area contributed by atoms with Crippen LogP contribution in [0.2, 0.25) is 0 Å². The van der Waals surface area contributed by atoms with Gasteiger partial charge in [-0.05, 0) is 50.2 Å². The standard InChI is InChI=1S/C22H27N3O3/c1-17(2)25(20-6-4-3-5-7-20)21(26)16-23-12-14-24(15-13-23)19-10-8-18(9-11-19)22(27)28/h3-11,17H,12-16H2,1-2H3,(H,27,28). The predicted molar refractivity (Wildman–Crippen MR) is 111 cm³/mol. The molecule has 2 aromatic rings. The summed E-state index contributed by atoms with van der Waals surface area (Å²) in [6.07, 6.45) is 0. The zero-order valence-electron chi connectivity index (χ0n) is 16.4. The zero-order chi connectivity index (χ0) is 20.1. The Balaban J connectivity index is 1.57. The number of carboxylic acids is 1. The topological polar surface area (TPSA) is 64.1 Å². The number of piperazine rings is 1. The van der Waals surface area contributed by atoms with E-state index >= 15 is 0 Å². The summed E-state index contributed by atoms with van der Waals surface area (Å²) in [4.78, 5) is 30.2. The first kappa shape index (κ1) is 19.9. The molecule has 3 rings (SSSR count). The van der Waals surface area contributed by atoms with E-state index in [1.165, 1.54) is 0 Å². The molecular formula is C22H27N3O3. The van der Waals surface area contributed by atoms with Gasteiger partial charge in [0.25, 0.3) is 0 Å². The van der Waals surface area contributed by atoms with Gasteiger partial charge in [-0.25, -0.2) is 4.79 Å². The molecule has 1 heterocycles. The van der Waals surface area contributed by atoms with E-state index in [2.05, 4.69) is 9.80 Å². The minimum atomic E-state index is -0.914. The van der Waals surface area contributed by atoms with E-state index in [0.717, 1.165) is 37.6 Å². The van der Waals surface area contributed by atoms with Crippen molar-refractivity contribution < 1.29 is 14.7 Å². The number of anilines is 2. The molecule has 1 amide bonds. The summed E-state index contributed by atoms with van der Waals surface area (Å²) < 4.78 is 0. The van der Waals surface area contributed by atoms with Gasteiger partial charge in [-0.1, -0.05) is 18.2 Å². The van der Waals surface area contributed by atoms with Gasteiger partial charge in [0.1, 0.15) is 0 Å². The average molecular weight is 381 g/mol. The summed E-state index contributed by atoms with van der Waals surface area (Å²) in [6, 6.07) is 16.9. The molecule has 1 fully saturated rings. The van der Waals surface area contributed by atoms with Crippen molar-refractivity contribution in [3.63, 3.8) is 0 Å². The van der Waals surface area contributed by atoms with Crippen LogP contribution in [0.25, 0.3) is 0 Å². The molecule has 6 nitrogen and oxygen atoms in total. The Morgan fingerprint density at radius 1 is 0.964 bits per heavy atom. The smallest absolute Gasteiger partial charge is 0.335 e. The third-order valence-electron chi connectivity index (χ3n) is 5.03. The molecule has 1 aliphatic heterocycles. The number of hydrogen-bond donors (Lipinski definition) is 1. The maximum atomic E-state index is 12.9. The normalized spacial score (nSPS) is 14.9. The molecule has 0 aromatic heterocycles. The summed E-state index contributed by atoms with van der Waals surface area (Å²) in [5.41, 5.74) is 2.24. The van der Waals surface area contributed by atoms with Crippen LogP contribution < -0.4 is 9.80 Å². The van der Waals surface area contributed by atoms with E-state index < -0.39 is 5.97 Å². The van der Waals surface area contributed by atoms with E-state index in [1.807, 2.05) is 61.2 Å². The van der Waals surface area contributed by atoms with E-state index in [-0.39, 0.29) is 11.9 Å². The number of carboxylic acid groups (broad SMARTS) is 1. The monoisotopic (exact) mass is 381 g/mol. The number of carbonyl (C=O) groups is 2. The number of nitrogens with zero attached hydrogens (tertiary/aromatic N) is 3. The lowest BCUT2D eigenvalue weighted by Gasteiger charge is -2.37. The number of para-hydroxylation sites is 1. The Morgan fingerprint density at radius 2 is 1.57 bits per heavy atom. The molecule has 28 heavy (non-hydrogen) atoms. The number of carbonyl (C=O) groups excluding carboxylic acids is 1. The van der Waals surface area contributed by atoms with Crippen LogP contribution in [0.4, 0.5) is 11.4 Å². The fourth-order valence-corrected chi connectivity index (χ4v) is 3.57. The van der Waals surface area contributed by atoms with Crippen LogP contribution in [0, 0.1) is 0 Å². The van der Waals surface area contributed by atoms with Crippen LogP contribution in [-0.4, -0.2) is 60.6 Å². The molecule has 0 saturated carbocycles. The van der Waals surface area contributed by atoms with Gasteiger partial charge in [0.2, 0.25) is 5.91 Å². The van der Waals surface area contributed by atoms with E-state index in [0.29, 0.717) is 12.1 Å². The highest BCUT2D eigenvalue weighted by Crippen LogP contribution is 2.19. The van der Waals surface area contributed by atoms with Crippen LogP contribution in [0.3, 0.4) is 0 Å². The Hall–Kier alpha value is -2.86. The Labute approximate surface area is 166 Å². The van der Waals surface area contributed by atoms with Gasteiger partial charge in [0.05, 0.1) is 12.1 Å². The fourth-order valence-electron chi connectivity index (χ4n) is 3.57. The molecule has 0 bridgehead atoms. The molecule has 0 atom stereocenters. The molecule has 6 heteroatoms. The summed E-state index contributed by atoms with van der Waals surface area (Å²) >= 11 is 0. The summed E-state index contributed by atoms with van der Waals surface area (Å²) in [5, 5.41) is 9.01. The van der Waals surface area contributed by atoms with Crippen molar-refractivity contribution in [2.45, 2.75) is 19.9 Å². The lowest BCUT2D eigenvalue weighted by atomic mass is 10.1. The third-order valence-corrected chi connectivity index (χ3v) is 5.03. The van der Waals surface area contributed by atoms with Gasteiger partial charge in [-0.3, -0.25) is 9.69 Å². The summed E-state index contributed by atoms with van der Waals surface area (Å²) in [5.74, 6) is -0.802. The molecule has 0 unspecified atom stereocenters. The van der Waals surface area contributed by atoms with Gasteiger partial charge in [-0.2, -0.15) is 0 Å². The predicted octanol–water partition coefficient (Wildman–Crippen LogP) is 2.95. The molecular weight excluding hydrogens is 354 g/mol. The van der Waals surface area contributed by atoms with Crippen molar-refractivity contribution >= 4 is 23.3 Å². The first-order valence-electron chi connectivity index (χ1n) is 9.63. The lowest BCUT2D eigenvalue weighted by molar-refractivity contribution is -0.120. The maximum Gasteiger partial charge on any atom is 0.335 e. The van der Waals surface area contributed by atoms with E-state index in [9.17, 15) is 9.59 Å². The molecule has 1 saturated heterocycles. The number of benzene rings is 2. The number of amides is 1.